The number of benzene rings is 1. The molecule has 1 aromatic carbocycles. The molecular weight excluding hydrogens is 244 g/mol. The van der Waals surface area contributed by atoms with E-state index in [2.05, 4.69) is 24.1 Å². The molecular formula is C13H18N4O2. The molecule has 6 nitrogen and oxygen atoms in total. The van der Waals surface area contributed by atoms with E-state index in [1.165, 1.54) is 12.1 Å². The van der Waals surface area contributed by atoms with Gasteiger partial charge in [0.15, 0.2) is 0 Å². The number of nitrogens with one attached hydrogen (secondary N) is 1. The van der Waals surface area contributed by atoms with Gasteiger partial charge >= 0.3 is 0 Å². The summed E-state index contributed by atoms with van der Waals surface area (Å²) in [6.07, 6.45) is 0. The van der Waals surface area contributed by atoms with Crippen LogP contribution in [-0.2, 0) is 0 Å². The maximum absolute atomic E-state index is 10.6. The fraction of sp³-hybridized carbons (Fsp3) is 0.462. The van der Waals surface area contributed by atoms with Crippen molar-refractivity contribution < 1.29 is 4.92 Å². The van der Waals surface area contributed by atoms with E-state index < -0.39 is 4.92 Å². The molecule has 0 saturated heterocycles. The first-order valence-corrected chi connectivity index (χ1v) is 6.27. The Bertz CT molecular complexity index is 478. The normalized spacial score (nSPS) is 10.2. The predicted molar refractivity (Wildman–Crippen MR) is 74.1 cm³/mol. The standard InChI is InChI=1S/C13H18N4O2/c1-3-16(4-2)8-7-15-13-6-5-12(17(18)19)9-11(13)10-14/h5-6,9,15H,3-4,7-8H2,1-2H3. The van der Waals surface area contributed by atoms with Crippen molar-refractivity contribution in [3.63, 3.8) is 0 Å². The van der Waals surface area contributed by atoms with Crippen LogP contribution >= 0.6 is 0 Å². The van der Waals surface area contributed by atoms with Crippen molar-refractivity contribution in [1.82, 2.24) is 4.90 Å². The average molecular weight is 262 g/mol. The summed E-state index contributed by atoms with van der Waals surface area (Å²) >= 11 is 0. The molecule has 19 heavy (non-hydrogen) atoms. The zero-order valence-corrected chi connectivity index (χ0v) is 11.2. The summed E-state index contributed by atoms with van der Waals surface area (Å²) < 4.78 is 0. The van der Waals surface area contributed by atoms with E-state index in [0.29, 0.717) is 17.8 Å². The van der Waals surface area contributed by atoms with Gasteiger partial charge in [0, 0.05) is 25.2 Å². The molecule has 0 bridgehead atoms. The second kappa shape index (κ2) is 7.34. The van der Waals surface area contributed by atoms with Crippen LogP contribution in [0, 0.1) is 21.4 Å². The van der Waals surface area contributed by atoms with E-state index in [0.717, 1.165) is 19.6 Å². The third-order valence-corrected chi connectivity index (χ3v) is 2.97. The molecule has 0 heterocycles. The minimum absolute atomic E-state index is 0.0640. The number of nitriles is 1. The lowest BCUT2D eigenvalue weighted by molar-refractivity contribution is -0.384. The Kier molecular flexibility index (Phi) is 5.76. The highest BCUT2D eigenvalue weighted by Gasteiger charge is 2.10. The maximum atomic E-state index is 10.6. The molecule has 0 fully saturated rings. The van der Waals surface area contributed by atoms with Crippen LogP contribution in [0.3, 0.4) is 0 Å². The zero-order valence-electron chi connectivity index (χ0n) is 11.2. The number of nitro groups is 1. The lowest BCUT2D eigenvalue weighted by atomic mass is 10.1. The molecule has 1 rings (SSSR count). The Morgan fingerprint density at radius 1 is 1.42 bits per heavy atom. The average Bonchev–Trinajstić information content (AvgIpc) is 2.43. The molecule has 0 aliphatic heterocycles. The molecule has 102 valence electrons. The van der Waals surface area contributed by atoms with E-state index in [1.54, 1.807) is 6.07 Å². The van der Waals surface area contributed by atoms with Gasteiger partial charge in [0.05, 0.1) is 16.2 Å². The van der Waals surface area contributed by atoms with E-state index in [-0.39, 0.29) is 5.69 Å². The van der Waals surface area contributed by atoms with E-state index >= 15 is 0 Å². The monoisotopic (exact) mass is 262 g/mol. The van der Waals surface area contributed by atoms with Crippen LogP contribution in [0.1, 0.15) is 19.4 Å². The molecule has 0 radical (unpaired) electrons. The first-order chi connectivity index (χ1) is 9.12. The summed E-state index contributed by atoms with van der Waals surface area (Å²) in [4.78, 5) is 12.4. The van der Waals surface area contributed by atoms with Crippen molar-refractivity contribution in [3.05, 3.63) is 33.9 Å². The van der Waals surface area contributed by atoms with Gasteiger partial charge in [0.2, 0.25) is 0 Å². The number of nitrogens with zero attached hydrogens (tertiary/aromatic N) is 3. The minimum Gasteiger partial charge on any atom is -0.383 e. The Morgan fingerprint density at radius 3 is 2.63 bits per heavy atom. The predicted octanol–water partition coefficient (Wildman–Crippen LogP) is 2.22. The third kappa shape index (κ3) is 4.23. The molecule has 1 aromatic rings. The van der Waals surface area contributed by atoms with Crippen molar-refractivity contribution in [1.29, 1.82) is 5.26 Å². The molecule has 0 amide bonds. The van der Waals surface area contributed by atoms with Gasteiger partial charge in [-0.05, 0) is 19.2 Å². The summed E-state index contributed by atoms with van der Waals surface area (Å²) in [5, 5.41) is 22.8. The molecule has 0 atom stereocenters. The molecule has 0 aliphatic carbocycles. The minimum atomic E-state index is -0.499. The topological polar surface area (TPSA) is 82.2 Å². The molecule has 1 N–H and O–H groups in total. The van der Waals surface area contributed by atoms with Gasteiger partial charge < -0.3 is 10.2 Å². The molecule has 0 unspecified atom stereocenters. The fourth-order valence-corrected chi connectivity index (χ4v) is 1.78. The van der Waals surface area contributed by atoms with Crippen molar-refractivity contribution >= 4 is 11.4 Å². The van der Waals surface area contributed by atoms with Crippen LogP contribution in [0.5, 0.6) is 0 Å². The number of anilines is 1. The smallest absolute Gasteiger partial charge is 0.270 e. The second-order valence-corrected chi connectivity index (χ2v) is 4.05. The van der Waals surface area contributed by atoms with E-state index in [9.17, 15) is 10.1 Å². The molecule has 6 heteroatoms. The third-order valence-electron chi connectivity index (χ3n) is 2.97. The van der Waals surface area contributed by atoms with Crippen molar-refractivity contribution in [2.24, 2.45) is 0 Å². The lowest BCUT2D eigenvalue weighted by Crippen LogP contribution is -2.28. The Balaban J connectivity index is 2.69. The van der Waals surface area contributed by atoms with Crippen molar-refractivity contribution in [3.8, 4) is 6.07 Å². The Morgan fingerprint density at radius 2 is 2.11 bits per heavy atom. The quantitative estimate of drug-likeness (QED) is 0.601. The molecule has 0 aromatic heterocycles. The van der Waals surface area contributed by atoms with E-state index in [4.69, 9.17) is 5.26 Å². The van der Waals surface area contributed by atoms with Crippen LogP contribution in [0.2, 0.25) is 0 Å². The molecule has 0 spiro atoms. The number of rotatable bonds is 7. The summed E-state index contributed by atoms with van der Waals surface area (Å²) in [5.74, 6) is 0. The number of non-ortho nitro benzene ring substituents is 1. The van der Waals surface area contributed by atoms with Gasteiger partial charge in [-0.1, -0.05) is 13.8 Å². The van der Waals surface area contributed by atoms with Gasteiger partial charge in [-0.2, -0.15) is 5.26 Å². The molecule has 0 aliphatic rings. The van der Waals surface area contributed by atoms with Gasteiger partial charge in [-0.15, -0.1) is 0 Å². The van der Waals surface area contributed by atoms with Gasteiger partial charge in [0.25, 0.3) is 5.69 Å². The number of likely N-dealkylation sites (N-methyl/N-ethyl adjacent to an activating group) is 1. The summed E-state index contributed by atoms with van der Waals surface area (Å²) in [7, 11) is 0. The van der Waals surface area contributed by atoms with Crippen molar-refractivity contribution in [2.45, 2.75) is 13.8 Å². The van der Waals surface area contributed by atoms with Gasteiger partial charge in [-0.3, -0.25) is 10.1 Å². The number of hydrogen-bond acceptors (Lipinski definition) is 5. The Hall–Kier alpha value is -2.13. The summed E-state index contributed by atoms with van der Waals surface area (Å²) in [5.41, 5.74) is 0.875. The van der Waals surface area contributed by atoms with Crippen LogP contribution in [-0.4, -0.2) is 36.0 Å². The number of nitro benzene ring substituents is 1. The van der Waals surface area contributed by atoms with Crippen LogP contribution < -0.4 is 5.32 Å². The summed E-state index contributed by atoms with van der Waals surface area (Å²) in [6.45, 7) is 7.71. The maximum Gasteiger partial charge on any atom is 0.270 e. The van der Waals surface area contributed by atoms with Gasteiger partial charge in [-0.25, -0.2) is 0 Å². The number of hydrogen-bond donors (Lipinski definition) is 1. The van der Waals surface area contributed by atoms with E-state index in [1.807, 2.05) is 6.07 Å². The van der Waals surface area contributed by atoms with Gasteiger partial charge in [0.1, 0.15) is 6.07 Å². The highest BCUT2D eigenvalue weighted by atomic mass is 16.6. The van der Waals surface area contributed by atoms with Crippen LogP contribution in [0.15, 0.2) is 18.2 Å². The Labute approximate surface area is 112 Å². The lowest BCUT2D eigenvalue weighted by Gasteiger charge is -2.18. The molecule has 0 saturated carbocycles. The SMILES string of the molecule is CCN(CC)CCNc1ccc([N+](=O)[O-])cc1C#N. The first-order valence-electron chi connectivity index (χ1n) is 6.27. The highest BCUT2D eigenvalue weighted by molar-refractivity contribution is 5.61. The summed E-state index contributed by atoms with van der Waals surface area (Å²) in [6, 6.07) is 6.25. The fourth-order valence-electron chi connectivity index (χ4n) is 1.78. The van der Waals surface area contributed by atoms with Crippen LogP contribution in [0.25, 0.3) is 0 Å². The largest absolute Gasteiger partial charge is 0.383 e. The van der Waals surface area contributed by atoms with Crippen molar-refractivity contribution in [2.75, 3.05) is 31.5 Å². The van der Waals surface area contributed by atoms with Crippen LogP contribution in [0.4, 0.5) is 11.4 Å². The second-order valence-electron chi connectivity index (χ2n) is 4.05. The first kappa shape index (κ1) is 14.9. The zero-order chi connectivity index (χ0) is 14.3. The highest BCUT2D eigenvalue weighted by Crippen LogP contribution is 2.21.